The molecule has 0 radical (unpaired) electrons. The first kappa shape index (κ1) is 22.1. The van der Waals surface area contributed by atoms with Crippen LogP contribution < -0.4 is 14.2 Å². The molecule has 3 rings (SSSR count). The average Bonchev–Trinajstić information content (AvgIpc) is 3.20. The van der Waals surface area contributed by atoms with Crippen molar-refractivity contribution in [3.63, 3.8) is 0 Å². The molecule has 0 spiro atoms. The summed E-state index contributed by atoms with van der Waals surface area (Å²) in [6.45, 7) is 4.27. The van der Waals surface area contributed by atoms with Gasteiger partial charge in [-0.3, -0.25) is 9.59 Å². The Morgan fingerprint density at radius 1 is 1.17 bits per heavy atom. The highest BCUT2D eigenvalue weighted by atomic mass is 32.1. The van der Waals surface area contributed by atoms with Crippen LogP contribution in [0.2, 0.25) is 0 Å². The van der Waals surface area contributed by atoms with Crippen LogP contribution in [0.5, 0.6) is 22.3 Å². The van der Waals surface area contributed by atoms with Crippen LogP contribution in [0.15, 0.2) is 23.6 Å². The standard InChI is InChI=1S/C22H27NO6S/c1-13(24)20-16(26-4)11-17(27-5)21(22(20)29-19-7-6-10-30-19)15-8-9-23(3)12-18(15)28-14(2)25/h6-7,10-11,15,18H,8-9,12H2,1-5H3/t15-,18+/m1/s1. The highest BCUT2D eigenvalue weighted by molar-refractivity contribution is 7.11. The van der Waals surface area contributed by atoms with Gasteiger partial charge in [0.25, 0.3) is 0 Å². The van der Waals surface area contributed by atoms with Gasteiger partial charge in [0.05, 0.1) is 14.2 Å². The number of esters is 1. The number of ketones is 1. The quantitative estimate of drug-likeness (QED) is 0.480. The molecule has 1 fully saturated rings. The maximum absolute atomic E-state index is 12.6. The fraction of sp³-hybridized carbons (Fsp3) is 0.455. The number of methoxy groups -OCH3 is 2. The summed E-state index contributed by atoms with van der Waals surface area (Å²) in [7, 11) is 5.06. The van der Waals surface area contributed by atoms with Crippen LogP contribution in [0, 0.1) is 0 Å². The highest BCUT2D eigenvalue weighted by Gasteiger charge is 2.38. The number of Topliss-reactive ketones (excluding diaryl/α,β-unsaturated/α-hetero) is 1. The van der Waals surface area contributed by atoms with E-state index in [1.807, 2.05) is 24.6 Å². The van der Waals surface area contributed by atoms with Gasteiger partial charge in [0, 0.05) is 31.0 Å². The molecular formula is C22H27NO6S. The molecule has 0 bridgehead atoms. The van der Waals surface area contributed by atoms with Crippen LogP contribution in [0.25, 0.3) is 0 Å². The van der Waals surface area contributed by atoms with E-state index < -0.39 is 6.10 Å². The normalized spacial score (nSPS) is 19.2. The first-order valence-electron chi connectivity index (χ1n) is 9.72. The number of carbonyl (C=O) groups is 2. The van der Waals surface area contributed by atoms with E-state index in [0.29, 0.717) is 34.4 Å². The number of carbonyl (C=O) groups excluding carboxylic acids is 2. The highest BCUT2D eigenvalue weighted by Crippen LogP contribution is 2.48. The number of ether oxygens (including phenoxy) is 4. The van der Waals surface area contributed by atoms with Crippen LogP contribution in [0.4, 0.5) is 0 Å². The van der Waals surface area contributed by atoms with Gasteiger partial charge in [-0.15, -0.1) is 11.3 Å². The molecule has 2 heterocycles. The Kier molecular flexibility index (Phi) is 6.99. The van der Waals surface area contributed by atoms with Crippen LogP contribution in [-0.4, -0.2) is 57.1 Å². The molecule has 0 N–H and O–H groups in total. The van der Waals surface area contributed by atoms with Crippen molar-refractivity contribution < 1.29 is 28.5 Å². The Balaban J connectivity index is 2.23. The van der Waals surface area contributed by atoms with Crippen molar-refractivity contribution in [3.05, 3.63) is 34.7 Å². The smallest absolute Gasteiger partial charge is 0.302 e. The zero-order valence-electron chi connectivity index (χ0n) is 17.9. The van der Waals surface area contributed by atoms with Crippen molar-refractivity contribution in [2.24, 2.45) is 0 Å². The molecule has 7 nitrogen and oxygen atoms in total. The summed E-state index contributed by atoms with van der Waals surface area (Å²) in [4.78, 5) is 26.5. The Bertz CT molecular complexity index is 911. The third kappa shape index (κ3) is 4.60. The lowest BCUT2D eigenvalue weighted by molar-refractivity contribution is -0.149. The van der Waals surface area contributed by atoms with Crippen molar-refractivity contribution in [2.45, 2.75) is 32.3 Å². The second-order valence-corrected chi connectivity index (χ2v) is 8.20. The SMILES string of the molecule is COc1cc(OC)c([C@@H]2CCN(C)C[C@@H]2OC(C)=O)c(Oc2cccs2)c1C(C)=O. The molecule has 30 heavy (non-hydrogen) atoms. The minimum absolute atomic E-state index is 0.181. The first-order chi connectivity index (χ1) is 14.3. The van der Waals surface area contributed by atoms with Crippen molar-refractivity contribution >= 4 is 23.1 Å². The van der Waals surface area contributed by atoms with Gasteiger partial charge in [0.1, 0.15) is 23.2 Å². The number of rotatable bonds is 7. The largest absolute Gasteiger partial charge is 0.496 e. The minimum atomic E-state index is -0.394. The van der Waals surface area contributed by atoms with Gasteiger partial charge in [-0.1, -0.05) is 0 Å². The van der Waals surface area contributed by atoms with Gasteiger partial charge < -0.3 is 23.8 Å². The summed E-state index contributed by atoms with van der Waals surface area (Å²) in [5.74, 6) is 0.591. The lowest BCUT2D eigenvalue weighted by Crippen LogP contribution is -2.43. The monoisotopic (exact) mass is 433 g/mol. The van der Waals surface area contributed by atoms with Gasteiger partial charge in [-0.25, -0.2) is 0 Å². The van der Waals surface area contributed by atoms with E-state index in [1.54, 1.807) is 13.2 Å². The van der Waals surface area contributed by atoms with E-state index in [2.05, 4.69) is 4.90 Å². The zero-order valence-corrected chi connectivity index (χ0v) is 18.7. The molecule has 0 unspecified atom stereocenters. The predicted octanol–water partition coefficient (Wildman–Crippen LogP) is 4.11. The topological polar surface area (TPSA) is 74.3 Å². The molecule has 0 saturated carbocycles. The van der Waals surface area contributed by atoms with Crippen LogP contribution >= 0.6 is 11.3 Å². The second-order valence-electron chi connectivity index (χ2n) is 7.29. The molecule has 1 aliphatic heterocycles. The van der Waals surface area contributed by atoms with Crippen molar-refractivity contribution in [3.8, 4) is 22.3 Å². The first-order valence-corrected chi connectivity index (χ1v) is 10.6. The molecular weight excluding hydrogens is 406 g/mol. The van der Waals surface area contributed by atoms with Gasteiger partial charge in [0.15, 0.2) is 16.6 Å². The summed E-state index contributed by atoms with van der Waals surface area (Å²) in [6.07, 6.45) is 0.323. The maximum atomic E-state index is 12.6. The number of benzene rings is 1. The van der Waals surface area contributed by atoms with Gasteiger partial charge in [0.2, 0.25) is 0 Å². The van der Waals surface area contributed by atoms with Crippen LogP contribution in [0.3, 0.4) is 0 Å². The number of piperidine rings is 1. The number of hydrogen-bond donors (Lipinski definition) is 0. The molecule has 162 valence electrons. The second kappa shape index (κ2) is 9.49. The van der Waals surface area contributed by atoms with E-state index in [9.17, 15) is 9.59 Å². The van der Waals surface area contributed by atoms with Gasteiger partial charge >= 0.3 is 5.97 Å². The summed E-state index contributed by atoms with van der Waals surface area (Å²) >= 11 is 1.42. The van der Waals surface area contributed by atoms with Crippen molar-refractivity contribution in [1.29, 1.82) is 0 Å². The number of likely N-dealkylation sites (N-methyl/N-ethyl adjacent to an activating group) is 1. The lowest BCUT2D eigenvalue weighted by Gasteiger charge is -2.37. The van der Waals surface area contributed by atoms with Crippen molar-refractivity contribution in [2.75, 3.05) is 34.4 Å². The van der Waals surface area contributed by atoms with E-state index in [-0.39, 0.29) is 17.7 Å². The number of thiophene rings is 1. The fourth-order valence-corrected chi connectivity index (χ4v) is 4.48. The van der Waals surface area contributed by atoms with Gasteiger partial charge in [-0.2, -0.15) is 0 Å². The van der Waals surface area contributed by atoms with Crippen LogP contribution in [0.1, 0.15) is 42.1 Å². The summed E-state index contributed by atoms with van der Waals surface area (Å²) in [6, 6.07) is 5.42. The van der Waals surface area contributed by atoms with E-state index in [1.165, 1.54) is 32.3 Å². The van der Waals surface area contributed by atoms with Crippen molar-refractivity contribution in [1.82, 2.24) is 4.90 Å². The Morgan fingerprint density at radius 3 is 2.47 bits per heavy atom. The molecule has 8 heteroatoms. The Morgan fingerprint density at radius 2 is 1.90 bits per heavy atom. The maximum Gasteiger partial charge on any atom is 0.302 e. The fourth-order valence-electron chi connectivity index (χ4n) is 3.90. The Labute approximate surface area is 180 Å². The molecule has 1 saturated heterocycles. The molecule has 1 aromatic heterocycles. The average molecular weight is 434 g/mol. The molecule has 1 aromatic carbocycles. The van der Waals surface area contributed by atoms with E-state index >= 15 is 0 Å². The molecule has 1 aliphatic rings. The third-order valence-corrected chi connectivity index (χ3v) is 5.93. The molecule has 2 atom stereocenters. The number of hydrogen-bond acceptors (Lipinski definition) is 8. The summed E-state index contributed by atoms with van der Waals surface area (Å²) in [5, 5.41) is 2.54. The summed E-state index contributed by atoms with van der Waals surface area (Å²) in [5.41, 5.74) is 1.07. The number of nitrogens with zero attached hydrogens (tertiary/aromatic N) is 1. The Hall–Kier alpha value is -2.58. The predicted molar refractivity (Wildman–Crippen MR) is 114 cm³/mol. The zero-order chi connectivity index (χ0) is 21.8. The van der Waals surface area contributed by atoms with E-state index in [0.717, 1.165) is 18.5 Å². The summed E-state index contributed by atoms with van der Waals surface area (Å²) < 4.78 is 23.1. The lowest BCUT2D eigenvalue weighted by atomic mass is 9.84. The van der Waals surface area contributed by atoms with E-state index in [4.69, 9.17) is 18.9 Å². The minimum Gasteiger partial charge on any atom is -0.496 e. The molecule has 0 amide bonds. The number of likely N-dealkylation sites (tertiary alicyclic amines) is 1. The molecule has 0 aliphatic carbocycles. The third-order valence-electron chi connectivity index (χ3n) is 5.19. The van der Waals surface area contributed by atoms with Crippen LogP contribution in [-0.2, 0) is 9.53 Å². The molecule has 2 aromatic rings. The van der Waals surface area contributed by atoms with Gasteiger partial charge in [-0.05, 0) is 44.4 Å².